The first-order chi connectivity index (χ1) is 10.0. The van der Waals surface area contributed by atoms with Gasteiger partial charge in [-0.1, -0.05) is 18.2 Å². The van der Waals surface area contributed by atoms with Gasteiger partial charge in [0.2, 0.25) is 0 Å². The van der Waals surface area contributed by atoms with E-state index in [2.05, 4.69) is 5.32 Å². The van der Waals surface area contributed by atoms with E-state index in [1.165, 1.54) is 19.1 Å². The minimum absolute atomic E-state index is 0.228. The quantitative estimate of drug-likeness (QED) is 0.889. The number of aliphatic hydroxyl groups excluding tert-OH is 1. The van der Waals surface area contributed by atoms with Gasteiger partial charge in [-0.15, -0.1) is 0 Å². The number of halogens is 1. The van der Waals surface area contributed by atoms with Gasteiger partial charge in [-0.2, -0.15) is 0 Å². The van der Waals surface area contributed by atoms with Crippen LogP contribution in [0.3, 0.4) is 0 Å². The normalized spacial score (nSPS) is 11.8. The minimum atomic E-state index is -1.08. The van der Waals surface area contributed by atoms with E-state index >= 15 is 0 Å². The van der Waals surface area contributed by atoms with Crippen molar-refractivity contribution in [2.45, 2.75) is 19.6 Å². The smallest absolute Gasteiger partial charge is 0.252 e. The van der Waals surface area contributed by atoms with E-state index in [0.717, 1.165) is 0 Å². The Morgan fingerprint density at radius 3 is 2.76 bits per heavy atom. The first kappa shape index (κ1) is 15.0. The first-order valence-electron chi connectivity index (χ1n) is 6.51. The molecule has 0 fully saturated rings. The Morgan fingerprint density at radius 2 is 2.05 bits per heavy atom. The molecule has 5 heteroatoms. The number of aliphatic hydroxyl groups is 1. The number of amides is 1. The molecule has 0 aliphatic rings. The number of ether oxygens (including phenoxy) is 1. The number of hydrogen-bond donors (Lipinski definition) is 2. The second-order valence-corrected chi connectivity index (χ2v) is 4.61. The fourth-order valence-electron chi connectivity index (χ4n) is 1.70. The Morgan fingerprint density at radius 1 is 1.29 bits per heavy atom. The van der Waals surface area contributed by atoms with Gasteiger partial charge in [-0.25, -0.2) is 4.39 Å². The molecule has 0 unspecified atom stereocenters. The van der Waals surface area contributed by atoms with E-state index in [1.54, 1.807) is 36.4 Å². The molecule has 0 aliphatic heterocycles. The number of benzene rings is 2. The zero-order valence-corrected chi connectivity index (χ0v) is 11.5. The summed E-state index contributed by atoms with van der Waals surface area (Å²) in [5, 5.41) is 11.7. The number of nitrogens with one attached hydrogen (secondary N) is 1. The topological polar surface area (TPSA) is 58.6 Å². The van der Waals surface area contributed by atoms with Gasteiger partial charge in [0.25, 0.3) is 5.91 Å². The van der Waals surface area contributed by atoms with Gasteiger partial charge < -0.3 is 15.2 Å². The molecule has 1 amide bonds. The highest BCUT2D eigenvalue weighted by Gasteiger charge is 2.09. The van der Waals surface area contributed by atoms with Crippen LogP contribution in [0.5, 0.6) is 5.75 Å². The highest BCUT2D eigenvalue weighted by atomic mass is 19.1. The van der Waals surface area contributed by atoms with Gasteiger partial charge in [0.1, 0.15) is 24.3 Å². The standard InChI is InChI=1S/C16H16FNO3/c1-11(19)16(20)18-14-6-3-7-15(9-14)21-10-12-4-2-5-13(17)8-12/h2-9,11,19H,10H2,1H3,(H,18,20)/t11-/m1/s1. The summed E-state index contributed by atoms with van der Waals surface area (Å²) in [4.78, 5) is 11.4. The number of anilines is 1. The van der Waals surface area contributed by atoms with E-state index in [4.69, 9.17) is 9.84 Å². The van der Waals surface area contributed by atoms with Crippen LogP contribution in [0, 0.1) is 5.82 Å². The van der Waals surface area contributed by atoms with Crippen LogP contribution in [0.4, 0.5) is 10.1 Å². The third-order valence-corrected chi connectivity index (χ3v) is 2.78. The first-order valence-corrected chi connectivity index (χ1v) is 6.51. The molecule has 0 saturated heterocycles. The van der Waals surface area contributed by atoms with E-state index < -0.39 is 12.0 Å². The monoisotopic (exact) mass is 289 g/mol. The number of carbonyl (C=O) groups excluding carboxylic acids is 1. The van der Waals surface area contributed by atoms with Crippen molar-refractivity contribution in [2.24, 2.45) is 0 Å². The second-order valence-electron chi connectivity index (χ2n) is 4.61. The maximum atomic E-state index is 13.0. The van der Waals surface area contributed by atoms with Crippen molar-refractivity contribution >= 4 is 11.6 Å². The molecule has 2 aromatic carbocycles. The van der Waals surface area contributed by atoms with Crippen LogP contribution in [0.15, 0.2) is 48.5 Å². The van der Waals surface area contributed by atoms with E-state index in [0.29, 0.717) is 17.0 Å². The fraction of sp³-hybridized carbons (Fsp3) is 0.188. The third-order valence-electron chi connectivity index (χ3n) is 2.78. The van der Waals surface area contributed by atoms with Gasteiger partial charge in [-0.3, -0.25) is 4.79 Å². The fourth-order valence-corrected chi connectivity index (χ4v) is 1.70. The van der Waals surface area contributed by atoms with Gasteiger partial charge >= 0.3 is 0 Å². The molecule has 2 N–H and O–H groups in total. The lowest BCUT2D eigenvalue weighted by atomic mass is 10.2. The molecule has 4 nitrogen and oxygen atoms in total. The van der Waals surface area contributed by atoms with Crippen LogP contribution in [0.2, 0.25) is 0 Å². The Labute approximate surface area is 122 Å². The average molecular weight is 289 g/mol. The predicted molar refractivity (Wildman–Crippen MR) is 77.5 cm³/mol. The van der Waals surface area contributed by atoms with Crippen LogP contribution in [-0.4, -0.2) is 17.1 Å². The number of hydrogen-bond acceptors (Lipinski definition) is 3. The lowest BCUT2D eigenvalue weighted by Crippen LogP contribution is -2.24. The van der Waals surface area contributed by atoms with Crippen molar-refractivity contribution in [3.05, 3.63) is 59.9 Å². The van der Waals surface area contributed by atoms with Gasteiger partial charge in [-0.05, 0) is 36.8 Å². The van der Waals surface area contributed by atoms with Crippen molar-refractivity contribution in [2.75, 3.05) is 5.32 Å². The summed E-state index contributed by atoms with van der Waals surface area (Å²) in [5.41, 5.74) is 1.24. The number of rotatable bonds is 5. The average Bonchev–Trinajstić information content (AvgIpc) is 2.45. The molecule has 110 valence electrons. The summed E-state index contributed by atoms with van der Waals surface area (Å²) < 4.78 is 18.6. The Balaban J connectivity index is 1.99. The zero-order valence-electron chi connectivity index (χ0n) is 11.5. The van der Waals surface area contributed by atoms with Gasteiger partial charge in [0.15, 0.2) is 0 Å². The van der Waals surface area contributed by atoms with Gasteiger partial charge in [0.05, 0.1) is 0 Å². The van der Waals surface area contributed by atoms with E-state index in [1.807, 2.05) is 0 Å². The summed E-state index contributed by atoms with van der Waals surface area (Å²) in [7, 11) is 0. The molecule has 2 rings (SSSR count). The van der Waals surface area contributed by atoms with Crippen molar-refractivity contribution in [1.29, 1.82) is 0 Å². The summed E-state index contributed by atoms with van der Waals surface area (Å²) >= 11 is 0. The lowest BCUT2D eigenvalue weighted by molar-refractivity contribution is -0.123. The summed E-state index contributed by atoms with van der Waals surface area (Å²) in [5.74, 6) is -0.256. The molecule has 0 heterocycles. The highest BCUT2D eigenvalue weighted by molar-refractivity contribution is 5.93. The highest BCUT2D eigenvalue weighted by Crippen LogP contribution is 2.19. The second kappa shape index (κ2) is 6.85. The maximum absolute atomic E-state index is 13.0. The Kier molecular flexibility index (Phi) is 4.90. The van der Waals surface area contributed by atoms with Crippen molar-refractivity contribution in [1.82, 2.24) is 0 Å². The molecule has 21 heavy (non-hydrogen) atoms. The summed E-state index contributed by atoms with van der Waals surface area (Å²) in [6, 6.07) is 12.9. The largest absolute Gasteiger partial charge is 0.489 e. The molecule has 0 bridgehead atoms. The molecular weight excluding hydrogens is 273 g/mol. The molecule has 2 aromatic rings. The lowest BCUT2D eigenvalue weighted by Gasteiger charge is -2.10. The summed E-state index contributed by atoms with van der Waals surface area (Å²) in [6.45, 7) is 1.62. The molecule has 0 radical (unpaired) electrons. The van der Waals surface area contributed by atoms with Crippen LogP contribution in [-0.2, 0) is 11.4 Å². The molecule has 0 aliphatic carbocycles. The molecular formula is C16H16FNO3. The van der Waals surface area contributed by atoms with Crippen LogP contribution >= 0.6 is 0 Å². The maximum Gasteiger partial charge on any atom is 0.252 e. The molecule has 0 aromatic heterocycles. The summed E-state index contributed by atoms with van der Waals surface area (Å²) in [6.07, 6.45) is -1.08. The van der Waals surface area contributed by atoms with Crippen LogP contribution in [0.1, 0.15) is 12.5 Å². The Bertz CT molecular complexity index is 628. The molecule has 0 spiro atoms. The van der Waals surface area contributed by atoms with Crippen LogP contribution < -0.4 is 10.1 Å². The van der Waals surface area contributed by atoms with Crippen LogP contribution in [0.25, 0.3) is 0 Å². The molecule has 0 saturated carbocycles. The SMILES string of the molecule is C[C@@H](O)C(=O)Nc1cccc(OCc2cccc(F)c2)c1. The van der Waals surface area contributed by atoms with E-state index in [-0.39, 0.29) is 12.4 Å². The predicted octanol–water partition coefficient (Wildman–Crippen LogP) is 2.72. The molecule has 1 atom stereocenters. The van der Waals surface area contributed by atoms with Gasteiger partial charge in [0, 0.05) is 11.8 Å². The number of carbonyl (C=O) groups is 1. The van der Waals surface area contributed by atoms with Crippen molar-refractivity contribution < 1.29 is 19.0 Å². The Hall–Kier alpha value is -2.40. The zero-order chi connectivity index (χ0) is 15.2. The van der Waals surface area contributed by atoms with Crippen molar-refractivity contribution in [3.8, 4) is 5.75 Å². The third kappa shape index (κ3) is 4.57. The minimum Gasteiger partial charge on any atom is -0.489 e. The van der Waals surface area contributed by atoms with E-state index in [9.17, 15) is 9.18 Å². The van der Waals surface area contributed by atoms with Crippen molar-refractivity contribution in [3.63, 3.8) is 0 Å².